The van der Waals surface area contributed by atoms with E-state index in [1.807, 2.05) is 0 Å². The molecular weight excluding hydrogens is 324 g/mol. The van der Waals surface area contributed by atoms with Crippen LogP contribution < -0.4 is 0 Å². The maximum absolute atomic E-state index is 11.4. The summed E-state index contributed by atoms with van der Waals surface area (Å²) >= 11 is 0. The van der Waals surface area contributed by atoms with E-state index < -0.39 is 54.6 Å². The fourth-order valence-corrected chi connectivity index (χ4v) is 2.17. The van der Waals surface area contributed by atoms with E-state index in [1.165, 1.54) is 0 Å². The van der Waals surface area contributed by atoms with Crippen LogP contribution in [0.25, 0.3) is 0 Å². The van der Waals surface area contributed by atoms with Crippen LogP contribution in [0.1, 0.15) is 27.7 Å². The van der Waals surface area contributed by atoms with Gasteiger partial charge in [-0.3, -0.25) is 19.2 Å². The highest BCUT2D eigenvalue weighted by Crippen LogP contribution is 2.31. The maximum Gasteiger partial charge on any atom is 0.305 e. The topological polar surface area (TPSA) is 114 Å². The van der Waals surface area contributed by atoms with Gasteiger partial charge in [0.2, 0.25) is 12.4 Å². The molecule has 0 spiro atoms. The van der Waals surface area contributed by atoms with Crippen molar-refractivity contribution in [3.63, 3.8) is 0 Å². The first-order valence-corrected chi connectivity index (χ1v) is 6.96. The van der Waals surface area contributed by atoms with Crippen molar-refractivity contribution in [3.8, 4) is 12.3 Å². The van der Waals surface area contributed by atoms with Crippen molar-refractivity contribution in [2.24, 2.45) is 0 Å². The monoisotopic (exact) mass is 342 g/mol. The molecule has 0 amide bonds. The standard InChI is InChI=1S/C15H18O9/c1-6-11(20-7(2)16)12-13(21-8(3)17)14(22-9(4)18)15(24-12)23-10(5)19/h1,11-15H,2-5H3/t11-,12+,13?,14?,15+/m0/s1. The van der Waals surface area contributed by atoms with Crippen LogP contribution in [0.2, 0.25) is 0 Å². The molecule has 0 aromatic carbocycles. The van der Waals surface area contributed by atoms with Gasteiger partial charge >= 0.3 is 23.9 Å². The van der Waals surface area contributed by atoms with E-state index in [0.717, 1.165) is 27.7 Å². The smallest absolute Gasteiger partial charge is 0.305 e. The molecule has 0 aromatic heterocycles. The summed E-state index contributed by atoms with van der Waals surface area (Å²) < 4.78 is 25.4. The zero-order valence-electron chi connectivity index (χ0n) is 13.6. The van der Waals surface area contributed by atoms with Crippen molar-refractivity contribution in [2.75, 3.05) is 0 Å². The molecule has 0 radical (unpaired) electrons. The summed E-state index contributed by atoms with van der Waals surface area (Å²) in [4.78, 5) is 45.0. The molecule has 0 aliphatic carbocycles. The number of esters is 4. The van der Waals surface area contributed by atoms with Crippen molar-refractivity contribution < 1.29 is 42.9 Å². The summed E-state index contributed by atoms with van der Waals surface area (Å²) in [6, 6.07) is 0. The van der Waals surface area contributed by atoms with Gasteiger partial charge in [-0.25, -0.2) is 0 Å². The van der Waals surface area contributed by atoms with Crippen LogP contribution in [-0.2, 0) is 42.9 Å². The Morgan fingerprint density at radius 1 is 0.875 bits per heavy atom. The average Bonchev–Trinajstić information content (AvgIpc) is 2.72. The maximum atomic E-state index is 11.4. The molecule has 1 rings (SSSR count). The number of hydrogen-bond acceptors (Lipinski definition) is 9. The minimum Gasteiger partial charge on any atom is -0.455 e. The molecule has 1 heterocycles. The zero-order chi connectivity index (χ0) is 18.4. The number of hydrogen-bond donors (Lipinski definition) is 0. The van der Waals surface area contributed by atoms with Crippen LogP contribution in [0, 0.1) is 12.3 Å². The lowest BCUT2D eigenvalue weighted by Gasteiger charge is -2.24. The SMILES string of the molecule is C#C[C@H](OC(C)=O)[C@H]1O[C@@H](OC(C)=O)C(OC(C)=O)C1OC(C)=O. The minimum atomic E-state index is -1.37. The lowest BCUT2D eigenvalue weighted by Crippen LogP contribution is -2.44. The summed E-state index contributed by atoms with van der Waals surface area (Å²) in [6.45, 7) is 4.49. The lowest BCUT2D eigenvalue weighted by atomic mass is 10.1. The molecule has 1 saturated heterocycles. The van der Waals surface area contributed by atoms with E-state index in [4.69, 9.17) is 30.1 Å². The predicted octanol–water partition coefficient (Wildman–Crippen LogP) is -0.297. The largest absolute Gasteiger partial charge is 0.455 e. The molecule has 1 aliphatic rings. The van der Waals surface area contributed by atoms with Gasteiger partial charge in [0.25, 0.3) is 0 Å². The highest BCUT2D eigenvalue weighted by molar-refractivity contribution is 5.69. The summed E-state index contributed by atoms with van der Waals surface area (Å²) in [6.07, 6.45) is -0.956. The predicted molar refractivity (Wildman–Crippen MR) is 75.9 cm³/mol. The Morgan fingerprint density at radius 3 is 1.79 bits per heavy atom. The third-order valence-corrected chi connectivity index (χ3v) is 2.85. The highest BCUT2D eigenvalue weighted by atomic mass is 16.8. The van der Waals surface area contributed by atoms with Gasteiger partial charge in [0.15, 0.2) is 18.3 Å². The van der Waals surface area contributed by atoms with Gasteiger partial charge in [-0.05, 0) is 0 Å². The first-order valence-electron chi connectivity index (χ1n) is 6.96. The van der Waals surface area contributed by atoms with E-state index in [-0.39, 0.29) is 0 Å². The van der Waals surface area contributed by atoms with E-state index >= 15 is 0 Å². The van der Waals surface area contributed by atoms with Crippen LogP contribution in [0.5, 0.6) is 0 Å². The summed E-state index contributed by atoms with van der Waals surface area (Å²) in [5.74, 6) is -0.658. The molecule has 9 heteroatoms. The first kappa shape index (κ1) is 19.4. The van der Waals surface area contributed by atoms with Gasteiger partial charge in [-0.15, -0.1) is 6.42 Å². The van der Waals surface area contributed by atoms with Crippen molar-refractivity contribution in [1.29, 1.82) is 0 Å². The third kappa shape index (κ3) is 5.24. The van der Waals surface area contributed by atoms with Crippen molar-refractivity contribution in [2.45, 2.75) is 58.4 Å². The summed E-state index contributed by atoms with van der Waals surface area (Å²) in [7, 11) is 0. The Hall–Kier alpha value is -2.60. The van der Waals surface area contributed by atoms with Crippen molar-refractivity contribution >= 4 is 23.9 Å². The van der Waals surface area contributed by atoms with Gasteiger partial charge < -0.3 is 23.7 Å². The highest BCUT2D eigenvalue weighted by Gasteiger charge is 2.54. The fraction of sp³-hybridized carbons (Fsp3) is 0.600. The lowest BCUT2D eigenvalue weighted by molar-refractivity contribution is -0.199. The van der Waals surface area contributed by atoms with Crippen LogP contribution in [0.15, 0.2) is 0 Å². The molecule has 9 nitrogen and oxygen atoms in total. The van der Waals surface area contributed by atoms with Gasteiger partial charge in [0.1, 0.15) is 0 Å². The molecule has 1 fully saturated rings. The van der Waals surface area contributed by atoms with Crippen molar-refractivity contribution in [3.05, 3.63) is 0 Å². The number of terminal acetylenes is 1. The van der Waals surface area contributed by atoms with Crippen LogP contribution in [0.4, 0.5) is 0 Å². The molecule has 24 heavy (non-hydrogen) atoms. The third-order valence-electron chi connectivity index (χ3n) is 2.85. The van der Waals surface area contributed by atoms with Gasteiger partial charge in [0, 0.05) is 27.7 Å². The van der Waals surface area contributed by atoms with Crippen LogP contribution >= 0.6 is 0 Å². The molecule has 0 aromatic rings. The van der Waals surface area contributed by atoms with Crippen LogP contribution in [-0.4, -0.2) is 54.6 Å². The molecule has 132 valence electrons. The number of ether oxygens (including phenoxy) is 5. The normalized spacial score (nSPS) is 26.6. The van der Waals surface area contributed by atoms with Gasteiger partial charge in [-0.1, -0.05) is 5.92 Å². The Bertz CT molecular complexity index is 562. The van der Waals surface area contributed by atoms with E-state index in [9.17, 15) is 19.2 Å². The van der Waals surface area contributed by atoms with Gasteiger partial charge in [-0.2, -0.15) is 0 Å². The molecule has 2 unspecified atom stereocenters. The van der Waals surface area contributed by atoms with Crippen molar-refractivity contribution in [1.82, 2.24) is 0 Å². The molecule has 5 atom stereocenters. The second-order valence-electron chi connectivity index (χ2n) is 4.92. The first-order chi connectivity index (χ1) is 11.1. The zero-order valence-corrected chi connectivity index (χ0v) is 13.6. The Kier molecular flexibility index (Phi) is 6.73. The van der Waals surface area contributed by atoms with E-state index in [1.54, 1.807) is 0 Å². The molecule has 0 N–H and O–H groups in total. The molecule has 1 aliphatic heterocycles. The quantitative estimate of drug-likeness (QED) is 0.377. The molecule has 0 saturated carbocycles. The fourth-order valence-electron chi connectivity index (χ4n) is 2.17. The number of rotatable bonds is 5. The average molecular weight is 342 g/mol. The summed E-state index contributed by atoms with van der Waals surface area (Å²) in [5.41, 5.74) is 0. The van der Waals surface area contributed by atoms with Crippen LogP contribution in [0.3, 0.4) is 0 Å². The number of carbonyl (C=O) groups is 4. The second-order valence-corrected chi connectivity index (χ2v) is 4.92. The second kappa shape index (κ2) is 8.31. The Labute approximate surface area is 138 Å². The van der Waals surface area contributed by atoms with E-state index in [0.29, 0.717) is 0 Å². The minimum absolute atomic E-state index is 0.692. The summed E-state index contributed by atoms with van der Waals surface area (Å²) in [5, 5.41) is 0. The van der Waals surface area contributed by atoms with E-state index in [2.05, 4.69) is 5.92 Å². The molecular formula is C15H18O9. The van der Waals surface area contributed by atoms with Gasteiger partial charge in [0.05, 0.1) is 0 Å². The Morgan fingerprint density at radius 2 is 1.38 bits per heavy atom. The Balaban J connectivity index is 3.16. The molecule has 0 bridgehead atoms. The number of carbonyl (C=O) groups excluding carboxylic acids is 4.